The zero-order chi connectivity index (χ0) is 25.1. The van der Waals surface area contributed by atoms with Gasteiger partial charge in [-0.05, 0) is 60.7 Å². The van der Waals surface area contributed by atoms with E-state index in [-0.39, 0.29) is 29.2 Å². The van der Waals surface area contributed by atoms with Crippen LogP contribution in [-0.2, 0) is 15.6 Å². The molecule has 1 N–H and O–H groups in total. The van der Waals surface area contributed by atoms with Crippen LogP contribution in [0.4, 0.5) is 4.79 Å². The second-order valence-electron chi connectivity index (χ2n) is 10.6. The average Bonchev–Trinajstić information content (AvgIpc) is 3.20. The van der Waals surface area contributed by atoms with Crippen LogP contribution in [0.1, 0.15) is 61.2 Å². The molecule has 1 heterocycles. The summed E-state index contributed by atoms with van der Waals surface area (Å²) in [6.07, 6.45) is 0.861. The first-order valence-corrected chi connectivity index (χ1v) is 14.8. The predicted molar refractivity (Wildman–Crippen MR) is 136 cm³/mol. The topological polar surface area (TPSA) is 76.1 Å². The number of carbonyl (C=O) groups is 2. The molecule has 2 aromatic carbocycles. The molecule has 1 aliphatic heterocycles. The van der Waals surface area contributed by atoms with Gasteiger partial charge in [-0.3, -0.25) is 4.90 Å². The van der Waals surface area contributed by atoms with Crippen molar-refractivity contribution in [3.8, 4) is 0 Å². The summed E-state index contributed by atoms with van der Waals surface area (Å²) in [7, 11) is -0.807. The number of methoxy groups -OCH3 is 1. The Morgan fingerprint density at radius 1 is 1.06 bits per heavy atom. The third-order valence-corrected chi connectivity index (χ3v) is 11.8. The van der Waals surface area contributed by atoms with Crippen LogP contribution >= 0.6 is 0 Å². The number of carboxylic acid groups (broad SMARTS) is 1. The molecule has 0 bridgehead atoms. The molecule has 0 aliphatic carbocycles. The largest absolute Gasteiger partial charge is 0.465 e. The maximum Gasteiger partial charge on any atom is 0.407 e. The number of ether oxygens (including phenoxy) is 1. The second-order valence-corrected chi connectivity index (χ2v) is 15.3. The van der Waals surface area contributed by atoms with Gasteiger partial charge < -0.3 is 14.3 Å². The molecule has 7 heteroatoms. The minimum absolute atomic E-state index is 0.00741. The van der Waals surface area contributed by atoms with E-state index in [1.165, 1.54) is 7.11 Å². The summed E-state index contributed by atoms with van der Waals surface area (Å²) in [6, 6.07) is 16.8. The zero-order valence-corrected chi connectivity index (χ0v) is 22.1. The molecule has 0 radical (unpaired) electrons. The predicted octanol–water partition coefficient (Wildman–Crippen LogP) is 6.29. The third-order valence-electron chi connectivity index (χ3n) is 7.32. The van der Waals surface area contributed by atoms with Crippen LogP contribution in [0.25, 0.3) is 0 Å². The number of amides is 1. The summed E-state index contributed by atoms with van der Waals surface area (Å²) >= 11 is 0. The molecule has 2 aromatic rings. The average molecular weight is 484 g/mol. The summed E-state index contributed by atoms with van der Waals surface area (Å²) in [5, 5.41) is 10.3. The Bertz CT molecular complexity index is 984. The Labute approximate surface area is 204 Å². The van der Waals surface area contributed by atoms with E-state index in [1.54, 1.807) is 17.0 Å². The van der Waals surface area contributed by atoms with Crippen LogP contribution < -0.4 is 0 Å². The lowest BCUT2D eigenvalue weighted by Gasteiger charge is -2.42. The normalized spacial score (nSPS) is 19.6. The lowest BCUT2D eigenvalue weighted by Crippen LogP contribution is -2.49. The number of rotatable bonds is 7. The lowest BCUT2D eigenvalue weighted by atomic mass is 10.0. The van der Waals surface area contributed by atoms with E-state index in [2.05, 4.69) is 33.9 Å². The van der Waals surface area contributed by atoms with E-state index in [0.717, 1.165) is 24.0 Å². The van der Waals surface area contributed by atoms with Crippen molar-refractivity contribution >= 4 is 20.4 Å². The fraction of sp³-hybridized carbons (Fsp3) is 0.481. The van der Waals surface area contributed by atoms with Crippen LogP contribution in [-0.4, -0.2) is 49.6 Å². The van der Waals surface area contributed by atoms with Gasteiger partial charge in [-0.25, -0.2) is 9.59 Å². The van der Waals surface area contributed by atoms with Gasteiger partial charge in [-0.15, -0.1) is 0 Å². The fourth-order valence-corrected chi connectivity index (χ4v) is 5.66. The molecular weight excluding hydrogens is 446 g/mol. The SMILES string of the molecule is COC(=O)c1ccc(C[C@@H]2CC[C@H](C(O[Si](C)(C)C(C)(C)C)c3ccccc3)N2C(=O)O)cc1. The van der Waals surface area contributed by atoms with Crippen LogP contribution in [0, 0.1) is 0 Å². The molecule has 34 heavy (non-hydrogen) atoms. The molecule has 1 unspecified atom stereocenters. The summed E-state index contributed by atoms with van der Waals surface area (Å²) in [4.78, 5) is 25.9. The van der Waals surface area contributed by atoms with Crippen molar-refractivity contribution in [3.05, 3.63) is 71.3 Å². The minimum Gasteiger partial charge on any atom is -0.465 e. The maximum absolute atomic E-state index is 12.5. The molecule has 0 saturated carbocycles. The highest BCUT2D eigenvalue weighted by atomic mass is 28.4. The van der Waals surface area contributed by atoms with Crippen molar-refractivity contribution in [3.63, 3.8) is 0 Å². The molecule has 0 spiro atoms. The van der Waals surface area contributed by atoms with Crippen molar-refractivity contribution in [1.82, 2.24) is 4.90 Å². The Hall–Kier alpha value is -2.64. The van der Waals surface area contributed by atoms with Crippen molar-refractivity contribution in [2.75, 3.05) is 7.11 Å². The molecule has 1 saturated heterocycles. The first-order chi connectivity index (χ1) is 15.9. The zero-order valence-electron chi connectivity index (χ0n) is 21.1. The molecule has 1 aliphatic rings. The van der Waals surface area contributed by atoms with E-state index >= 15 is 0 Å². The summed E-state index contributed by atoms with van der Waals surface area (Å²) in [6.45, 7) is 11.0. The standard InChI is InChI=1S/C27H37NO5Si/c1-27(2,3)34(5,6)33-24(20-10-8-7-9-11-20)23-17-16-22(28(23)26(30)31)18-19-12-14-21(15-13-19)25(29)32-4/h7-15,22-24H,16-18H2,1-6H3,(H,30,31)/t22-,23+,24?/m0/s1. The van der Waals surface area contributed by atoms with Gasteiger partial charge in [0.25, 0.3) is 0 Å². The van der Waals surface area contributed by atoms with Gasteiger partial charge in [0.05, 0.1) is 24.8 Å². The van der Waals surface area contributed by atoms with E-state index < -0.39 is 14.4 Å². The van der Waals surface area contributed by atoms with E-state index in [4.69, 9.17) is 9.16 Å². The summed E-state index contributed by atoms with van der Waals surface area (Å²) in [5.74, 6) is -0.381. The van der Waals surface area contributed by atoms with E-state index in [1.807, 2.05) is 42.5 Å². The Morgan fingerprint density at radius 3 is 2.21 bits per heavy atom. The Kier molecular flexibility index (Phi) is 7.88. The summed E-state index contributed by atoms with van der Waals surface area (Å²) < 4.78 is 11.7. The third kappa shape index (κ3) is 5.70. The smallest absolute Gasteiger partial charge is 0.407 e. The number of nitrogens with zero attached hydrogens (tertiary/aromatic N) is 1. The highest BCUT2D eigenvalue weighted by Crippen LogP contribution is 2.44. The van der Waals surface area contributed by atoms with Gasteiger partial charge in [-0.2, -0.15) is 0 Å². The molecule has 184 valence electrons. The van der Waals surface area contributed by atoms with Gasteiger partial charge in [0.2, 0.25) is 0 Å². The minimum atomic E-state index is -2.16. The molecule has 1 fully saturated rings. The number of likely N-dealkylation sites (tertiary alicyclic amines) is 1. The Morgan fingerprint density at radius 2 is 1.68 bits per heavy atom. The van der Waals surface area contributed by atoms with Crippen LogP contribution in [0.3, 0.4) is 0 Å². The van der Waals surface area contributed by atoms with Crippen LogP contribution in [0.2, 0.25) is 18.1 Å². The maximum atomic E-state index is 12.5. The first kappa shape index (κ1) is 26.0. The number of hydrogen-bond donors (Lipinski definition) is 1. The van der Waals surface area contributed by atoms with Crippen molar-refractivity contribution in [1.29, 1.82) is 0 Å². The summed E-state index contributed by atoms with van der Waals surface area (Å²) in [5.41, 5.74) is 2.50. The highest BCUT2D eigenvalue weighted by Gasteiger charge is 2.46. The fourth-order valence-electron chi connectivity index (χ4n) is 4.38. The number of hydrogen-bond acceptors (Lipinski definition) is 4. The molecule has 1 amide bonds. The van der Waals surface area contributed by atoms with Crippen molar-refractivity contribution < 1.29 is 23.9 Å². The lowest BCUT2D eigenvalue weighted by molar-refractivity contribution is 0.0597. The molecule has 6 nitrogen and oxygen atoms in total. The van der Waals surface area contributed by atoms with E-state index in [0.29, 0.717) is 12.0 Å². The number of carbonyl (C=O) groups excluding carboxylic acids is 1. The van der Waals surface area contributed by atoms with Gasteiger partial charge in [0.1, 0.15) is 0 Å². The van der Waals surface area contributed by atoms with Gasteiger partial charge in [-0.1, -0.05) is 63.2 Å². The van der Waals surface area contributed by atoms with Crippen molar-refractivity contribution in [2.24, 2.45) is 0 Å². The quantitative estimate of drug-likeness (QED) is 0.370. The van der Waals surface area contributed by atoms with Crippen LogP contribution in [0.15, 0.2) is 54.6 Å². The van der Waals surface area contributed by atoms with Crippen LogP contribution in [0.5, 0.6) is 0 Å². The monoisotopic (exact) mass is 483 g/mol. The second kappa shape index (κ2) is 10.3. The first-order valence-electron chi connectivity index (χ1n) is 11.9. The molecule has 0 aromatic heterocycles. The molecule has 3 atom stereocenters. The number of esters is 1. The molecular formula is C27H37NO5Si. The van der Waals surface area contributed by atoms with Gasteiger partial charge >= 0.3 is 12.1 Å². The number of benzene rings is 2. The highest BCUT2D eigenvalue weighted by molar-refractivity contribution is 6.74. The molecule has 3 rings (SSSR count). The van der Waals surface area contributed by atoms with Gasteiger partial charge in [0.15, 0.2) is 8.32 Å². The Balaban J connectivity index is 1.88. The van der Waals surface area contributed by atoms with E-state index in [9.17, 15) is 14.7 Å². The van der Waals surface area contributed by atoms with Crippen molar-refractivity contribution in [2.45, 2.75) is 76.4 Å². The van der Waals surface area contributed by atoms with Gasteiger partial charge in [0, 0.05) is 6.04 Å².